The molecule has 0 amide bonds. The molecule has 0 aliphatic carbocycles. The number of allylic oxidation sites excluding steroid dienone is 4. The molecule has 0 saturated heterocycles. The molecule has 0 heterocycles. The minimum absolute atomic E-state index is 0.119. The first kappa shape index (κ1) is 31.1. The first-order valence-electron chi connectivity index (χ1n) is 14.4. The van der Waals surface area contributed by atoms with Gasteiger partial charge in [0, 0.05) is 17.0 Å². The van der Waals surface area contributed by atoms with E-state index >= 15 is 0 Å². The zero-order chi connectivity index (χ0) is 32.6. The Morgan fingerprint density at radius 3 is 1.15 bits per heavy atom. The predicted octanol–water partition coefficient (Wildman–Crippen LogP) is 8.62. The van der Waals surface area contributed by atoms with Crippen molar-refractivity contribution >= 4 is 23.7 Å². The van der Waals surface area contributed by atoms with Gasteiger partial charge in [-0.1, -0.05) is 133 Å². The van der Waals surface area contributed by atoms with Crippen molar-refractivity contribution in [2.75, 3.05) is 0 Å². The fourth-order valence-corrected chi connectivity index (χ4v) is 5.01. The highest BCUT2D eigenvalue weighted by atomic mass is 16.4. The Hall–Kier alpha value is -6.34. The molecule has 0 saturated carbocycles. The van der Waals surface area contributed by atoms with Crippen LogP contribution in [-0.2, 0) is 0 Å². The number of aliphatic hydroxyl groups is 2. The average Bonchev–Trinajstić information content (AvgIpc) is 3.10. The van der Waals surface area contributed by atoms with E-state index in [9.17, 15) is 35.7 Å². The van der Waals surface area contributed by atoms with Crippen LogP contribution in [0.3, 0.4) is 0 Å². The average molecular weight is 613 g/mol. The molecule has 7 heteroatoms. The van der Waals surface area contributed by atoms with E-state index < -0.39 is 34.7 Å². The molecular formula is C39H32O7. The molecule has 0 atom stereocenters. The van der Waals surface area contributed by atoms with Gasteiger partial charge in [0.05, 0.1) is 5.56 Å². The highest BCUT2D eigenvalue weighted by Gasteiger charge is 2.30. The summed E-state index contributed by atoms with van der Waals surface area (Å²) in [7, 11) is 0. The predicted molar refractivity (Wildman–Crippen MR) is 181 cm³/mol. The van der Waals surface area contributed by atoms with Gasteiger partial charge in [0.15, 0.2) is 11.5 Å². The van der Waals surface area contributed by atoms with E-state index in [4.69, 9.17) is 0 Å². The van der Waals surface area contributed by atoms with E-state index in [0.717, 1.165) is 11.1 Å². The second-order valence-corrected chi connectivity index (χ2v) is 10.5. The van der Waals surface area contributed by atoms with Crippen molar-refractivity contribution in [2.45, 2.75) is 5.92 Å². The largest absolute Gasteiger partial charge is 0.507 e. The van der Waals surface area contributed by atoms with Gasteiger partial charge in [-0.2, -0.15) is 0 Å². The standard InChI is InChI=1S/C39H32O7/c40-31(27-11-3-1-4-12-27)15-7-9-25-17-21-29(22-18-25)33(34-35(42)37(44)39(46)38(45)36(34)43)30-23-19-26(20-24-30)10-8-16-32(41)28-13-5-2-6-14-28/h1-24,33,40-46H/b9-7+,10-8+,31-15-,32-16-. The summed E-state index contributed by atoms with van der Waals surface area (Å²) in [6.45, 7) is 0. The number of aromatic hydroxyl groups is 5. The van der Waals surface area contributed by atoms with Gasteiger partial charge in [-0.15, -0.1) is 0 Å². The van der Waals surface area contributed by atoms with Gasteiger partial charge in [-0.25, -0.2) is 0 Å². The number of hydrogen-bond acceptors (Lipinski definition) is 7. The minimum atomic E-state index is -1.03. The number of phenols is 5. The highest BCUT2D eigenvalue weighted by Crippen LogP contribution is 2.55. The molecule has 5 aromatic rings. The summed E-state index contributed by atoms with van der Waals surface area (Å²) in [5, 5.41) is 73.0. The molecule has 0 unspecified atom stereocenters. The Bertz CT molecular complexity index is 1780. The van der Waals surface area contributed by atoms with Crippen LogP contribution in [0.2, 0.25) is 0 Å². The van der Waals surface area contributed by atoms with Crippen molar-refractivity contribution in [3.8, 4) is 28.7 Å². The lowest BCUT2D eigenvalue weighted by Gasteiger charge is -2.22. The van der Waals surface area contributed by atoms with Crippen molar-refractivity contribution in [3.63, 3.8) is 0 Å². The lowest BCUT2D eigenvalue weighted by molar-refractivity contribution is 0.323. The summed E-state index contributed by atoms with van der Waals surface area (Å²) < 4.78 is 0. The molecule has 7 N–H and O–H groups in total. The Kier molecular flexibility index (Phi) is 9.44. The van der Waals surface area contributed by atoms with Gasteiger partial charge < -0.3 is 35.7 Å². The minimum Gasteiger partial charge on any atom is -0.507 e. The van der Waals surface area contributed by atoms with Crippen LogP contribution in [0.15, 0.2) is 133 Å². The van der Waals surface area contributed by atoms with Crippen LogP contribution in [0.4, 0.5) is 0 Å². The maximum atomic E-state index is 10.8. The third kappa shape index (κ3) is 6.90. The molecule has 46 heavy (non-hydrogen) atoms. The molecule has 0 spiro atoms. The SMILES string of the molecule is O/C(=C\C=C\c1ccc(C(c2ccc(/C=C/C=C(\O)c3ccccc3)cc2)c2c(O)c(O)c(O)c(O)c2O)cc1)c1ccccc1. The smallest absolute Gasteiger partial charge is 0.208 e. The summed E-state index contributed by atoms with van der Waals surface area (Å²) in [4.78, 5) is 0. The van der Waals surface area contributed by atoms with Crippen LogP contribution >= 0.6 is 0 Å². The van der Waals surface area contributed by atoms with E-state index in [2.05, 4.69) is 0 Å². The van der Waals surface area contributed by atoms with Gasteiger partial charge in [0.25, 0.3) is 0 Å². The van der Waals surface area contributed by atoms with Crippen molar-refractivity contribution in [2.24, 2.45) is 0 Å². The monoisotopic (exact) mass is 612 g/mol. The van der Waals surface area contributed by atoms with E-state index in [-0.39, 0.29) is 17.1 Å². The summed E-state index contributed by atoms with van der Waals surface area (Å²) in [6.07, 6.45) is 10.2. The Balaban J connectivity index is 1.46. The molecule has 0 radical (unpaired) electrons. The first-order valence-corrected chi connectivity index (χ1v) is 14.4. The van der Waals surface area contributed by atoms with Crippen LogP contribution in [0.25, 0.3) is 23.7 Å². The fourth-order valence-electron chi connectivity index (χ4n) is 5.01. The number of phenolic OH excluding ortho intramolecular Hbond substituents is 5. The molecule has 230 valence electrons. The van der Waals surface area contributed by atoms with Gasteiger partial charge in [-0.05, 0) is 34.4 Å². The molecule has 5 rings (SSSR count). The van der Waals surface area contributed by atoms with Gasteiger partial charge in [0.2, 0.25) is 17.2 Å². The Morgan fingerprint density at radius 2 is 0.783 bits per heavy atom. The van der Waals surface area contributed by atoms with Crippen molar-refractivity contribution in [1.82, 2.24) is 0 Å². The van der Waals surface area contributed by atoms with E-state index in [1.807, 2.05) is 60.7 Å². The lowest BCUT2D eigenvalue weighted by Crippen LogP contribution is -2.05. The van der Waals surface area contributed by atoms with Gasteiger partial charge in [0.1, 0.15) is 11.5 Å². The third-order valence-corrected chi connectivity index (χ3v) is 7.46. The zero-order valence-electron chi connectivity index (χ0n) is 24.6. The van der Waals surface area contributed by atoms with Crippen molar-refractivity contribution < 1.29 is 35.7 Å². The summed E-state index contributed by atoms with van der Waals surface area (Å²) >= 11 is 0. The summed E-state index contributed by atoms with van der Waals surface area (Å²) in [5.41, 5.74) is 4.00. The summed E-state index contributed by atoms with van der Waals surface area (Å²) in [5.74, 6) is -5.10. The molecule has 0 aliphatic rings. The Morgan fingerprint density at radius 1 is 0.435 bits per heavy atom. The van der Waals surface area contributed by atoms with Crippen LogP contribution in [0.1, 0.15) is 44.9 Å². The molecule has 7 nitrogen and oxygen atoms in total. The lowest BCUT2D eigenvalue weighted by atomic mass is 9.83. The normalized spacial score (nSPS) is 12.4. The van der Waals surface area contributed by atoms with Crippen LogP contribution in [-0.4, -0.2) is 35.7 Å². The maximum absolute atomic E-state index is 10.8. The van der Waals surface area contributed by atoms with Crippen LogP contribution < -0.4 is 0 Å². The first-order chi connectivity index (χ1) is 22.2. The van der Waals surface area contributed by atoms with Gasteiger partial charge >= 0.3 is 0 Å². The fraction of sp³-hybridized carbons (Fsp3) is 0.0256. The second-order valence-electron chi connectivity index (χ2n) is 10.5. The number of hydrogen-bond donors (Lipinski definition) is 7. The van der Waals surface area contributed by atoms with Crippen molar-refractivity contribution in [1.29, 1.82) is 0 Å². The Labute approximate surface area is 266 Å². The van der Waals surface area contributed by atoms with E-state index in [0.29, 0.717) is 22.3 Å². The third-order valence-electron chi connectivity index (χ3n) is 7.46. The number of rotatable bonds is 9. The zero-order valence-corrected chi connectivity index (χ0v) is 24.6. The van der Waals surface area contributed by atoms with E-state index in [1.54, 1.807) is 85.0 Å². The highest BCUT2D eigenvalue weighted by molar-refractivity contribution is 5.71. The number of benzene rings is 5. The van der Waals surface area contributed by atoms with Crippen molar-refractivity contribution in [3.05, 3.63) is 172 Å². The van der Waals surface area contributed by atoms with Crippen LogP contribution in [0.5, 0.6) is 28.7 Å². The quantitative estimate of drug-likeness (QED) is 0.0290. The molecule has 0 aromatic heterocycles. The number of aliphatic hydroxyl groups excluding tert-OH is 2. The van der Waals surface area contributed by atoms with Crippen LogP contribution in [0, 0.1) is 0 Å². The second kappa shape index (κ2) is 14.0. The summed E-state index contributed by atoms with van der Waals surface area (Å²) in [6, 6.07) is 32.6. The molecule has 0 aliphatic heterocycles. The maximum Gasteiger partial charge on any atom is 0.208 e. The van der Waals surface area contributed by atoms with Gasteiger partial charge in [-0.3, -0.25) is 0 Å². The molecular weight excluding hydrogens is 580 g/mol. The van der Waals surface area contributed by atoms with E-state index in [1.165, 1.54) is 0 Å². The molecule has 5 aromatic carbocycles. The topological polar surface area (TPSA) is 142 Å². The molecule has 0 bridgehead atoms. The molecule has 0 fully saturated rings.